The predicted molar refractivity (Wildman–Crippen MR) is 109 cm³/mol. The Hall–Kier alpha value is -3.39. The molecule has 0 aliphatic heterocycles. The van der Waals surface area contributed by atoms with E-state index < -0.39 is 22.9 Å². The number of nitro groups is 1. The van der Waals surface area contributed by atoms with Gasteiger partial charge in [-0.2, -0.15) is 0 Å². The molecule has 3 aromatic rings. The lowest BCUT2D eigenvalue weighted by atomic mass is 10.1. The van der Waals surface area contributed by atoms with E-state index >= 15 is 0 Å². The molecule has 3 rings (SSSR count). The van der Waals surface area contributed by atoms with Crippen molar-refractivity contribution in [2.75, 3.05) is 5.32 Å². The molecule has 150 valence electrons. The number of esters is 1. The lowest BCUT2D eigenvalue weighted by Crippen LogP contribution is -2.30. The van der Waals surface area contributed by atoms with Crippen molar-refractivity contribution < 1.29 is 19.2 Å². The summed E-state index contributed by atoms with van der Waals surface area (Å²) in [6.45, 7) is 1.44. The molecule has 1 amide bonds. The first-order valence-corrected chi connectivity index (χ1v) is 9.22. The third kappa shape index (κ3) is 4.91. The third-order valence-electron chi connectivity index (χ3n) is 4.37. The van der Waals surface area contributed by atoms with Crippen LogP contribution in [0.4, 0.5) is 11.4 Å². The van der Waals surface area contributed by atoms with Gasteiger partial charge in [-0.1, -0.05) is 29.8 Å². The topological polar surface area (TPSA) is 114 Å². The summed E-state index contributed by atoms with van der Waals surface area (Å²) in [5, 5.41) is 14.3. The Balaban J connectivity index is 1.54. The number of nitrogens with zero attached hydrogens (tertiary/aromatic N) is 1. The number of aromatic nitrogens is 1. The fraction of sp³-hybridized carbons (Fsp3) is 0.200. The molecule has 0 fully saturated rings. The maximum absolute atomic E-state index is 12.2. The molecule has 1 unspecified atom stereocenters. The number of nitro benzene ring substituents is 1. The molecule has 2 aromatic carbocycles. The predicted octanol–water partition coefficient (Wildman–Crippen LogP) is 4.23. The fourth-order valence-electron chi connectivity index (χ4n) is 2.84. The molecular weight excluding hydrogens is 398 g/mol. The molecule has 0 saturated heterocycles. The second kappa shape index (κ2) is 8.74. The van der Waals surface area contributed by atoms with Crippen LogP contribution in [0.25, 0.3) is 10.9 Å². The number of hydrogen-bond acceptors (Lipinski definition) is 5. The minimum Gasteiger partial charge on any atom is -0.453 e. The standard InChI is InChI=1S/C20H18ClN3O5/c1-12(20(26)23-18-8-7-14(24(27)28)10-16(18)21)29-19(25)9-6-13-11-22-17-5-3-2-4-15(13)17/h2-5,7-8,10-12,22H,6,9H2,1H3,(H,23,26). The third-order valence-corrected chi connectivity index (χ3v) is 4.68. The molecule has 1 aromatic heterocycles. The number of hydrogen-bond donors (Lipinski definition) is 2. The average Bonchev–Trinajstić information content (AvgIpc) is 3.10. The molecule has 0 saturated carbocycles. The number of aromatic amines is 1. The van der Waals surface area contributed by atoms with Crippen LogP contribution >= 0.6 is 11.6 Å². The number of anilines is 1. The van der Waals surface area contributed by atoms with Gasteiger partial charge in [0.05, 0.1) is 15.6 Å². The van der Waals surface area contributed by atoms with Gasteiger partial charge in [0, 0.05) is 35.7 Å². The molecular formula is C20H18ClN3O5. The number of ether oxygens (including phenoxy) is 1. The van der Waals surface area contributed by atoms with Crippen molar-refractivity contribution in [1.29, 1.82) is 0 Å². The maximum atomic E-state index is 12.2. The summed E-state index contributed by atoms with van der Waals surface area (Å²) < 4.78 is 5.18. The van der Waals surface area contributed by atoms with Gasteiger partial charge in [0.15, 0.2) is 6.10 Å². The van der Waals surface area contributed by atoms with Gasteiger partial charge in [0.1, 0.15) is 0 Å². The minimum atomic E-state index is -1.04. The van der Waals surface area contributed by atoms with Crippen LogP contribution in [0, 0.1) is 10.1 Å². The van der Waals surface area contributed by atoms with Gasteiger partial charge in [0.2, 0.25) is 0 Å². The molecule has 29 heavy (non-hydrogen) atoms. The number of amides is 1. The summed E-state index contributed by atoms with van der Waals surface area (Å²) in [5.41, 5.74) is 1.99. The first kappa shape index (κ1) is 20.3. The van der Waals surface area contributed by atoms with Crippen molar-refractivity contribution in [3.63, 3.8) is 0 Å². The molecule has 1 heterocycles. The number of carbonyl (C=O) groups is 2. The van der Waals surface area contributed by atoms with E-state index in [-0.39, 0.29) is 22.8 Å². The molecule has 0 bridgehead atoms. The normalized spacial score (nSPS) is 11.8. The molecule has 0 radical (unpaired) electrons. The molecule has 9 heteroatoms. The largest absolute Gasteiger partial charge is 0.453 e. The number of H-pyrrole nitrogens is 1. The second-order valence-electron chi connectivity index (χ2n) is 6.40. The summed E-state index contributed by atoms with van der Waals surface area (Å²) >= 11 is 5.95. The van der Waals surface area contributed by atoms with E-state index in [1.54, 1.807) is 0 Å². The summed E-state index contributed by atoms with van der Waals surface area (Å²) in [6, 6.07) is 11.4. The van der Waals surface area contributed by atoms with Crippen LogP contribution in [0.5, 0.6) is 0 Å². The van der Waals surface area contributed by atoms with Crippen molar-refractivity contribution in [3.05, 3.63) is 69.4 Å². The second-order valence-corrected chi connectivity index (χ2v) is 6.81. The molecule has 0 aliphatic carbocycles. The summed E-state index contributed by atoms with van der Waals surface area (Å²) in [4.78, 5) is 37.6. The summed E-state index contributed by atoms with van der Waals surface area (Å²) in [5.74, 6) is -1.09. The van der Waals surface area contributed by atoms with Gasteiger partial charge < -0.3 is 15.0 Å². The Morgan fingerprint density at radius 1 is 1.28 bits per heavy atom. The number of fused-ring (bicyclic) bond motifs is 1. The molecule has 8 nitrogen and oxygen atoms in total. The highest BCUT2D eigenvalue weighted by atomic mass is 35.5. The lowest BCUT2D eigenvalue weighted by molar-refractivity contribution is -0.384. The molecule has 2 N–H and O–H groups in total. The van der Waals surface area contributed by atoms with E-state index in [1.807, 2.05) is 30.5 Å². The van der Waals surface area contributed by atoms with E-state index in [2.05, 4.69) is 10.3 Å². The number of non-ortho nitro benzene ring substituents is 1. The SMILES string of the molecule is CC(OC(=O)CCc1c[nH]c2ccccc12)C(=O)Nc1ccc([N+](=O)[O-])cc1Cl. The van der Waals surface area contributed by atoms with Crippen molar-refractivity contribution in [2.24, 2.45) is 0 Å². The zero-order valence-corrected chi connectivity index (χ0v) is 16.2. The van der Waals surface area contributed by atoms with Gasteiger partial charge in [0.25, 0.3) is 11.6 Å². The Bertz CT molecular complexity index is 1080. The highest BCUT2D eigenvalue weighted by molar-refractivity contribution is 6.34. The molecule has 0 aliphatic rings. The van der Waals surface area contributed by atoms with E-state index in [9.17, 15) is 19.7 Å². The Kier molecular flexibility index (Phi) is 6.13. The van der Waals surface area contributed by atoms with Gasteiger partial charge in [-0.25, -0.2) is 0 Å². The van der Waals surface area contributed by atoms with Gasteiger partial charge in [-0.15, -0.1) is 0 Å². The van der Waals surface area contributed by atoms with Crippen LogP contribution in [0.1, 0.15) is 18.9 Å². The van der Waals surface area contributed by atoms with Gasteiger partial charge >= 0.3 is 5.97 Å². The van der Waals surface area contributed by atoms with Crippen molar-refractivity contribution in [1.82, 2.24) is 4.98 Å². The minimum absolute atomic E-state index is 0.0189. The zero-order chi connectivity index (χ0) is 21.0. The van der Waals surface area contributed by atoms with Crippen molar-refractivity contribution in [3.8, 4) is 0 Å². The number of nitrogens with one attached hydrogen (secondary N) is 2. The van der Waals surface area contributed by atoms with Crippen molar-refractivity contribution >= 4 is 45.8 Å². The monoisotopic (exact) mass is 415 g/mol. The highest BCUT2D eigenvalue weighted by Crippen LogP contribution is 2.27. The Morgan fingerprint density at radius 2 is 2.03 bits per heavy atom. The van der Waals surface area contributed by atoms with Gasteiger partial charge in [-0.05, 0) is 31.0 Å². The van der Waals surface area contributed by atoms with Gasteiger partial charge in [-0.3, -0.25) is 19.7 Å². The Labute approximate surface area is 171 Å². The number of halogens is 1. The van der Waals surface area contributed by atoms with E-state index in [4.69, 9.17) is 16.3 Å². The number of carbonyl (C=O) groups excluding carboxylic acids is 2. The summed E-state index contributed by atoms with van der Waals surface area (Å²) in [6.07, 6.45) is 1.41. The van der Waals surface area contributed by atoms with Crippen LogP contribution in [-0.2, 0) is 20.7 Å². The van der Waals surface area contributed by atoms with Crippen molar-refractivity contribution in [2.45, 2.75) is 25.9 Å². The van der Waals surface area contributed by atoms with Crippen LogP contribution in [-0.4, -0.2) is 27.9 Å². The zero-order valence-electron chi connectivity index (χ0n) is 15.5. The number of para-hydroxylation sites is 1. The van der Waals surface area contributed by atoms with E-state index in [0.717, 1.165) is 22.5 Å². The lowest BCUT2D eigenvalue weighted by Gasteiger charge is -2.14. The number of benzene rings is 2. The van der Waals surface area contributed by atoms with Crippen LogP contribution in [0.3, 0.4) is 0 Å². The Morgan fingerprint density at radius 3 is 2.76 bits per heavy atom. The first-order chi connectivity index (χ1) is 13.8. The first-order valence-electron chi connectivity index (χ1n) is 8.84. The molecule has 1 atom stereocenters. The quantitative estimate of drug-likeness (QED) is 0.340. The summed E-state index contributed by atoms with van der Waals surface area (Å²) in [7, 11) is 0. The highest BCUT2D eigenvalue weighted by Gasteiger charge is 2.20. The van der Waals surface area contributed by atoms with E-state index in [0.29, 0.717) is 6.42 Å². The van der Waals surface area contributed by atoms with Crippen LogP contribution in [0.15, 0.2) is 48.7 Å². The smallest absolute Gasteiger partial charge is 0.306 e. The van der Waals surface area contributed by atoms with Crippen LogP contribution in [0.2, 0.25) is 5.02 Å². The average molecular weight is 416 g/mol. The molecule has 0 spiro atoms. The number of aryl methyl sites for hydroxylation is 1. The fourth-order valence-corrected chi connectivity index (χ4v) is 3.06. The number of rotatable bonds is 7. The van der Waals surface area contributed by atoms with E-state index in [1.165, 1.54) is 19.1 Å². The van der Waals surface area contributed by atoms with Crippen LogP contribution < -0.4 is 5.32 Å². The maximum Gasteiger partial charge on any atom is 0.306 e.